The van der Waals surface area contributed by atoms with Crippen molar-refractivity contribution in [3.63, 3.8) is 0 Å². The second-order valence-electron chi connectivity index (χ2n) is 4.64. The molecule has 110 valence electrons. The molecule has 0 saturated heterocycles. The van der Waals surface area contributed by atoms with Gasteiger partial charge in [0.2, 0.25) is 5.69 Å². The fraction of sp³-hybridized carbons (Fsp3) is 0.286. The van der Waals surface area contributed by atoms with Crippen molar-refractivity contribution in [2.75, 3.05) is 0 Å². The van der Waals surface area contributed by atoms with Crippen LogP contribution in [-0.4, -0.2) is 25.4 Å². The van der Waals surface area contributed by atoms with Gasteiger partial charge >= 0.3 is 11.7 Å². The summed E-state index contributed by atoms with van der Waals surface area (Å²) in [5.74, 6) is -1.45. The largest absolute Gasteiger partial charge is 0.476 e. The van der Waals surface area contributed by atoms with Crippen molar-refractivity contribution >= 4 is 5.97 Å². The molecule has 2 rings (SSSR count). The van der Waals surface area contributed by atoms with Crippen LogP contribution in [0.15, 0.2) is 33.9 Å². The number of rotatable bonds is 4. The molecule has 1 aromatic heterocycles. The smallest absolute Gasteiger partial charge is 0.362 e. The van der Waals surface area contributed by atoms with Crippen molar-refractivity contribution < 1.29 is 9.90 Å². The Morgan fingerprint density at radius 2 is 2.05 bits per heavy atom. The molecule has 0 aliphatic carbocycles. The Balaban J connectivity index is 2.80. The Hall–Kier alpha value is -2.70. The number of carboxylic acids is 1. The standard InChI is InChI=1S/C14H15N3O4/c1-3-7-16-12(18)11(13(19)20)15-17(14(16)21)10-6-4-5-9(2)8-10/h4-6,8H,3,7H2,1-2H3,(H,19,20). The van der Waals surface area contributed by atoms with Crippen LogP contribution in [0.25, 0.3) is 5.69 Å². The molecule has 0 radical (unpaired) electrons. The minimum absolute atomic E-state index is 0.145. The lowest BCUT2D eigenvalue weighted by atomic mass is 10.2. The Kier molecular flexibility index (Phi) is 4.02. The summed E-state index contributed by atoms with van der Waals surface area (Å²) in [5, 5.41) is 12.8. The lowest BCUT2D eigenvalue weighted by Gasteiger charge is -2.10. The van der Waals surface area contributed by atoms with E-state index in [9.17, 15) is 14.4 Å². The second kappa shape index (κ2) is 5.74. The van der Waals surface area contributed by atoms with Crippen LogP contribution in [0.2, 0.25) is 0 Å². The van der Waals surface area contributed by atoms with Gasteiger partial charge in [-0.2, -0.15) is 9.78 Å². The number of benzene rings is 1. The Morgan fingerprint density at radius 3 is 2.62 bits per heavy atom. The molecule has 0 bridgehead atoms. The maximum Gasteiger partial charge on any atom is 0.362 e. The highest BCUT2D eigenvalue weighted by Crippen LogP contribution is 2.06. The van der Waals surface area contributed by atoms with Gasteiger partial charge in [0.1, 0.15) is 0 Å². The molecule has 2 aromatic rings. The van der Waals surface area contributed by atoms with E-state index >= 15 is 0 Å². The lowest BCUT2D eigenvalue weighted by Crippen LogP contribution is -2.44. The quantitative estimate of drug-likeness (QED) is 0.898. The molecule has 0 spiro atoms. The number of carboxylic acid groups (broad SMARTS) is 1. The van der Waals surface area contributed by atoms with Crippen LogP contribution in [0.5, 0.6) is 0 Å². The number of aromatic carboxylic acids is 1. The van der Waals surface area contributed by atoms with Crippen molar-refractivity contribution in [3.05, 3.63) is 56.4 Å². The summed E-state index contributed by atoms with van der Waals surface area (Å²) in [4.78, 5) is 35.5. The van der Waals surface area contributed by atoms with Gasteiger partial charge in [0.05, 0.1) is 5.69 Å². The van der Waals surface area contributed by atoms with Crippen LogP contribution in [0.3, 0.4) is 0 Å². The van der Waals surface area contributed by atoms with Gasteiger partial charge in [0.25, 0.3) is 5.56 Å². The fourth-order valence-corrected chi connectivity index (χ4v) is 2.00. The number of hydrogen-bond acceptors (Lipinski definition) is 4. The average molecular weight is 289 g/mol. The third kappa shape index (κ3) is 2.76. The monoisotopic (exact) mass is 289 g/mol. The van der Waals surface area contributed by atoms with Crippen molar-refractivity contribution in [1.29, 1.82) is 0 Å². The van der Waals surface area contributed by atoms with E-state index < -0.39 is 22.9 Å². The Labute approximate surface area is 120 Å². The first kappa shape index (κ1) is 14.7. The summed E-state index contributed by atoms with van der Waals surface area (Å²) in [6.45, 7) is 3.78. The van der Waals surface area contributed by atoms with E-state index in [1.54, 1.807) is 25.1 Å². The Morgan fingerprint density at radius 1 is 1.33 bits per heavy atom. The molecule has 0 fully saturated rings. The third-order valence-corrected chi connectivity index (χ3v) is 2.96. The molecule has 0 aliphatic rings. The zero-order valence-corrected chi connectivity index (χ0v) is 11.7. The highest BCUT2D eigenvalue weighted by Gasteiger charge is 2.18. The van der Waals surface area contributed by atoms with Crippen LogP contribution in [0.4, 0.5) is 0 Å². The van der Waals surface area contributed by atoms with Gasteiger partial charge in [-0.05, 0) is 31.0 Å². The number of aromatic nitrogens is 3. The van der Waals surface area contributed by atoms with E-state index in [0.717, 1.165) is 14.8 Å². The SMILES string of the molecule is CCCn1c(=O)c(C(=O)O)nn(-c2cccc(C)c2)c1=O. The van der Waals surface area contributed by atoms with E-state index in [0.29, 0.717) is 12.1 Å². The minimum atomic E-state index is -1.45. The van der Waals surface area contributed by atoms with Gasteiger partial charge in [-0.15, -0.1) is 0 Å². The number of hydrogen-bond donors (Lipinski definition) is 1. The predicted octanol–water partition coefficient (Wildman–Crippen LogP) is 0.811. The van der Waals surface area contributed by atoms with Gasteiger partial charge in [-0.1, -0.05) is 19.1 Å². The first-order valence-corrected chi connectivity index (χ1v) is 6.50. The first-order valence-electron chi connectivity index (χ1n) is 6.50. The molecular formula is C14H15N3O4. The van der Waals surface area contributed by atoms with Crippen molar-refractivity contribution in [2.45, 2.75) is 26.8 Å². The summed E-state index contributed by atoms with van der Waals surface area (Å²) in [7, 11) is 0. The maximum absolute atomic E-state index is 12.3. The molecule has 0 amide bonds. The molecule has 7 nitrogen and oxygen atoms in total. The molecular weight excluding hydrogens is 274 g/mol. The molecule has 0 unspecified atom stereocenters. The molecule has 1 aromatic carbocycles. The van der Waals surface area contributed by atoms with Crippen LogP contribution >= 0.6 is 0 Å². The fourth-order valence-electron chi connectivity index (χ4n) is 2.00. The number of carbonyl (C=O) groups is 1. The van der Waals surface area contributed by atoms with E-state index in [2.05, 4.69) is 5.10 Å². The predicted molar refractivity (Wildman–Crippen MR) is 76.1 cm³/mol. The molecule has 0 saturated carbocycles. The Bertz CT molecular complexity index is 805. The van der Waals surface area contributed by atoms with Crippen LogP contribution in [0.1, 0.15) is 29.4 Å². The van der Waals surface area contributed by atoms with E-state index in [1.165, 1.54) is 0 Å². The minimum Gasteiger partial charge on any atom is -0.476 e. The van der Waals surface area contributed by atoms with Crippen LogP contribution in [0, 0.1) is 6.92 Å². The third-order valence-electron chi connectivity index (χ3n) is 2.96. The molecule has 0 atom stereocenters. The summed E-state index contributed by atoms with van der Waals surface area (Å²) >= 11 is 0. The molecule has 1 heterocycles. The van der Waals surface area contributed by atoms with E-state index in [1.807, 2.05) is 13.0 Å². The van der Waals surface area contributed by atoms with Gasteiger partial charge in [0, 0.05) is 6.54 Å². The highest BCUT2D eigenvalue weighted by atomic mass is 16.4. The number of aryl methyl sites for hydroxylation is 1. The van der Waals surface area contributed by atoms with Gasteiger partial charge < -0.3 is 5.11 Å². The first-order chi connectivity index (χ1) is 9.95. The summed E-state index contributed by atoms with van der Waals surface area (Å²) in [6.07, 6.45) is 0.534. The summed E-state index contributed by atoms with van der Waals surface area (Å²) in [6, 6.07) is 6.90. The van der Waals surface area contributed by atoms with Crippen molar-refractivity contribution in [2.24, 2.45) is 0 Å². The zero-order valence-electron chi connectivity index (χ0n) is 11.7. The normalized spacial score (nSPS) is 10.6. The van der Waals surface area contributed by atoms with Gasteiger partial charge in [0.15, 0.2) is 0 Å². The van der Waals surface area contributed by atoms with E-state index in [4.69, 9.17) is 5.11 Å². The maximum atomic E-state index is 12.3. The summed E-state index contributed by atoms with van der Waals surface area (Å²) in [5.41, 5.74) is -0.862. The van der Waals surface area contributed by atoms with Crippen molar-refractivity contribution in [1.82, 2.24) is 14.3 Å². The van der Waals surface area contributed by atoms with Crippen molar-refractivity contribution in [3.8, 4) is 5.69 Å². The molecule has 21 heavy (non-hydrogen) atoms. The topological polar surface area (TPSA) is 94.2 Å². The second-order valence-corrected chi connectivity index (χ2v) is 4.64. The van der Waals surface area contributed by atoms with E-state index in [-0.39, 0.29) is 6.54 Å². The van der Waals surface area contributed by atoms with Gasteiger partial charge in [-0.3, -0.25) is 9.36 Å². The molecule has 0 aliphatic heterocycles. The van der Waals surface area contributed by atoms with Crippen LogP contribution in [-0.2, 0) is 6.54 Å². The lowest BCUT2D eigenvalue weighted by molar-refractivity contribution is 0.0684. The summed E-state index contributed by atoms with van der Waals surface area (Å²) < 4.78 is 1.85. The average Bonchev–Trinajstić information content (AvgIpc) is 2.43. The molecule has 1 N–H and O–H groups in total. The highest BCUT2D eigenvalue weighted by molar-refractivity contribution is 5.84. The van der Waals surface area contributed by atoms with Gasteiger partial charge in [-0.25, -0.2) is 9.59 Å². The zero-order chi connectivity index (χ0) is 15.6. The van der Waals surface area contributed by atoms with Crippen LogP contribution < -0.4 is 11.2 Å². The molecule has 7 heteroatoms. The number of nitrogens with zero attached hydrogens (tertiary/aromatic N) is 3.